The first-order chi connectivity index (χ1) is 8.96. The molecule has 3 saturated carbocycles. The Morgan fingerprint density at radius 3 is 2.63 bits per heavy atom. The van der Waals surface area contributed by atoms with Gasteiger partial charge in [-0.1, -0.05) is 20.3 Å². The van der Waals surface area contributed by atoms with Crippen LogP contribution in [0.15, 0.2) is 0 Å². The Morgan fingerprint density at radius 2 is 1.95 bits per heavy atom. The number of rotatable bonds is 3. The third-order valence-corrected chi connectivity index (χ3v) is 5.83. The van der Waals surface area contributed by atoms with Crippen LogP contribution < -0.4 is 5.32 Å². The van der Waals surface area contributed by atoms with Crippen LogP contribution in [-0.4, -0.2) is 23.2 Å². The van der Waals surface area contributed by atoms with E-state index in [1.807, 2.05) is 0 Å². The third-order valence-electron chi connectivity index (χ3n) is 5.83. The molecule has 5 atom stereocenters. The van der Waals surface area contributed by atoms with Gasteiger partial charge in [0, 0.05) is 12.1 Å². The van der Waals surface area contributed by atoms with Crippen LogP contribution in [0.3, 0.4) is 0 Å². The highest BCUT2D eigenvalue weighted by atomic mass is 16.4. The van der Waals surface area contributed by atoms with Gasteiger partial charge in [0.2, 0.25) is 0 Å². The van der Waals surface area contributed by atoms with Gasteiger partial charge < -0.3 is 10.4 Å². The van der Waals surface area contributed by atoms with E-state index in [1.165, 1.54) is 32.1 Å². The van der Waals surface area contributed by atoms with Gasteiger partial charge in [-0.05, 0) is 55.8 Å². The minimum Gasteiger partial charge on any atom is -0.481 e. The van der Waals surface area contributed by atoms with Gasteiger partial charge in [0.15, 0.2) is 0 Å². The van der Waals surface area contributed by atoms with E-state index in [-0.39, 0.29) is 12.0 Å². The Balaban J connectivity index is 1.67. The fourth-order valence-electron chi connectivity index (χ4n) is 5.00. The maximum Gasteiger partial charge on any atom is 0.308 e. The number of carboxylic acids is 1. The summed E-state index contributed by atoms with van der Waals surface area (Å²) in [6, 6.07) is 0.782. The van der Waals surface area contributed by atoms with Crippen LogP contribution in [0, 0.1) is 23.2 Å². The Labute approximate surface area is 116 Å². The van der Waals surface area contributed by atoms with Crippen molar-refractivity contribution in [2.24, 2.45) is 23.2 Å². The van der Waals surface area contributed by atoms with E-state index in [9.17, 15) is 9.90 Å². The average Bonchev–Trinajstić information content (AvgIpc) is 2.87. The fraction of sp³-hybridized carbons (Fsp3) is 0.938. The molecule has 0 saturated heterocycles. The maximum atomic E-state index is 11.5. The lowest BCUT2D eigenvalue weighted by molar-refractivity contribution is -0.144. The number of hydrogen-bond donors (Lipinski definition) is 2. The molecule has 0 radical (unpaired) electrons. The van der Waals surface area contributed by atoms with Crippen LogP contribution in [-0.2, 0) is 4.79 Å². The molecule has 0 amide bonds. The SMILES string of the molecule is CC1(C)CCCC(NC2C3CCC(C3)C2C(=O)O)C1. The molecule has 0 aromatic carbocycles. The quantitative estimate of drug-likeness (QED) is 0.824. The van der Waals surface area contributed by atoms with Crippen molar-refractivity contribution in [3.63, 3.8) is 0 Å². The second kappa shape index (κ2) is 4.76. The van der Waals surface area contributed by atoms with Crippen molar-refractivity contribution < 1.29 is 9.90 Å². The second-order valence-corrected chi connectivity index (χ2v) is 7.85. The highest BCUT2D eigenvalue weighted by Crippen LogP contribution is 2.49. The Morgan fingerprint density at radius 1 is 1.21 bits per heavy atom. The molecule has 0 aliphatic heterocycles. The molecule has 108 valence electrons. The van der Waals surface area contributed by atoms with Crippen molar-refractivity contribution in [3.8, 4) is 0 Å². The number of nitrogens with one attached hydrogen (secondary N) is 1. The van der Waals surface area contributed by atoms with Crippen LogP contribution in [0.5, 0.6) is 0 Å². The molecule has 0 aromatic heterocycles. The molecule has 0 spiro atoms. The number of carboxylic acid groups (broad SMARTS) is 1. The average molecular weight is 265 g/mol. The van der Waals surface area contributed by atoms with Gasteiger partial charge >= 0.3 is 5.97 Å². The van der Waals surface area contributed by atoms with Gasteiger partial charge in [0.25, 0.3) is 0 Å². The molecule has 2 N–H and O–H groups in total. The number of aliphatic carboxylic acids is 1. The van der Waals surface area contributed by atoms with Gasteiger partial charge in [0.1, 0.15) is 0 Å². The smallest absolute Gasteiger partial charge is 0.308 e. The zero-order valence-corrected chi connectivity index (χ0v) is 12.2. The van der Waals surface area contributed by atoms with Gasteiger partial charge in [-0.3, -0.25) is 4.79 Å². The van der Waals surface area contributed by atoms with Crippen LogP contribution in [0.4, 0.5) is 0 Å². The molecule has 3 aliphatic carbocycles. The van der Waals surface area contributed by atoms with Gasteiger partial charge in [-0.25, -0.2) is 0 Å². The van der Waals surface area contributed by atoms with E-state index in [0.29, 0.717) is 23.3 Å². The number of hydrogen-bond acceptors (Lipinski definition) is 2. The lowest BCUT2D eigenvalue weighted by Crippen LogP contribution is -2.50. The van der Waals surface area contributed by atoms with Crippen LogP contribution >= 0.6 is 0 Å². The minimum atomic E-state index is -0.570. The maximum absolute atomic E-state index is 11.5. The zero-order valence-electron chi connectivity index (χ0n) is 12.2. The standard InChI is InChI=1S/C16H27NO2/c1-16(2)7-3-4-12(9-16)17-14-11-6-5-10(8-11)13(14)15(18)19/h10-14,17H,3-9H2,1-2H3,(H,18,19). The Kier molecular flexibility index (Phi) is 3.36. The summed E-state index contributed by atoms with van der Waals surface area (Å²) in [6.07, 6.45) is 8.54. The van der Waals surface area contributed by atoms with E-state index in [2.05, 4.69) is 19.2 Å². The topological polar surface area (TPSA) is 49.3 Å². The fourth-order valence-corrected chi connectivity index (χ4v) is 5.00. The summed E-state index contributed by atoms with van der Waals surface area (Å²) in [6.45, 7) is 4.69. The Bertz CT molecular complexity index is 366. The highest BCUT2D eigenvalue weighted by molar-refractivity contribution is 5.72. The molecule has 0 heterocycles. The molecule has 3 aliphatic rings. The molecule has 19 heavy (non-hydrogen) atoms. The molecule has 5 unspecified atom stereocenters. The summed E-state index contributed by atoms with van der Waals surface area (Å²) in [5.74, 6) is 0.372. The van der Waals surface area contributed by atoms with Crippen molar-refractivity contribution in [1.29, 1.82) is 0 Å². The van der Waals surface area contributed by atoms with Crippen molar-refractivity contribution in [2.75, 3.05) is 0 Å². The molecule has 2 bridgehead atoms. The van der Waals surface area contributed by atoms with E-state index in [1.54, 1.807) is 0 Å². The lowest BCUT2D eigenvalue weighted by atomic mass is 9.74. The summed E-state index contributed by atoms with van der Waals surface area (Å²) in [4.78, 5) is 11.5. The van der Waals surface area contributed by atoms with Crippen LogP contribution in [0.1, 0.15) is 58.8 Å². The summed E-state index contributed by atoms with van der Waals surface area (Å²) in [5.41, 5.74) is 0.423. The van der Waals surface area contributed by atoms with E-state index < -0.39 is 5.97 Å². The van der Waals surface area contributed by atoms with E-state index in [0.717, 1.165) is 12.8 Å². The summed E-state index contributed by atoms with van der Waals surface area (Å²) in [7, 11) is 0. The van der Waals surface area contributed by atoms with Gasteiger partial charge in [-0.2, -0.15) is 0 Å². The number of fused-ring (bicyclic) bond motifs is 2. The zero-order chi connectivity index (χ0) is 13.6. The first kappa shape index (κ1) is 13.4. The normalized spacial score (nSPS) is 44.4. The summed E-state index contributed by atoms with van der Waals surface area (Å²) in [5, 5.41) is 13.3. The molecular weight excluding hydrogens is 238 g/mol. The van der Waals surface area contributed by atoms with Crippen LogP contribution in [0.2, 0.25) is 0 Å². The van der Waals surface area contributed by atoms with Crippen molar-refractivity contribution in [3.05, 3.63) is 0 Å². The van der Waals surface area contributed by atoms with E-state index >= 15 is 0 Å². The van der Waals surface area contributed by atoms with Crippen molar-refractivity contribution in [1.82, 2.24) is 5.32 Å². The first-order valence-corrected chi connectivity index (χ1v) is 7.95. The Hall–Kier alpha value is -0.570. The molecular formula is C16H27NO2. The largest absolute Gasteiger partial charge is 0.481 e. The second-order valence-electron chi connectivity index (χ2n) is 7.85. The van der Waals surface area contributed by atoms with E-state index in [4.69, 9.17) is 0 Å². The highest BCUT2D eigenvalue weighted by Gasteiger charge is 2.51. The summed E-state index contributed by atoms with van der Waals surface area (Å²) >= 11 is 0. The monoisotopic (exact) mass is 265 g/mol. The minimum absolute atomic E-state index is 0.121. The van der Waals surface area contributed by atoms with Gasteiger partial charge in [-0.15, -0.1) is 0 Å². The number of carbonyl (C=O) groups is 1. The lowest BCUT2D eigenvalue weighted by Gasteiger charge is -2.39. The van der Waals surface area contributed by atoms with Crippen molar-refractivity contribution in [2.45, 2.75) is 70.9 Å². The molecule has 3 fully saturated rings. The molecule has 3 nitrogen and oxygen atoms in total. The first-order valence-electron chi connectivity index (χ1n) is 7.95. The molecule has 3 rings (SSSR count). The third kappa shape index (κ3) is 2.54. The van der Waals surface area contributed by atoms with Gasteiger partial charge in [0.05, 0.1) is 5.92 Å². The predicted molar refractivity (Wildman–Crippen MR) is 74.9 cm³/mol. The molecule has 3 heteroatoms. The van der Waals surface area contributed by atoms with Crippen LogP contribution in [0.25, 0.3) is 0 Å². The summed E-state index contributed by atoms with van der Waals surface area (Å²) < 4.78 is 0. The molecule has 0 aromatic rings. The van der Waals surface area contributed by atoms with Crippen molar-refractivity contribution >= 4 is 5.97 Å². The predicted octanol–water partition coefficient (Wildman–Crippen LogP) is 3.04.